The summed E-state index contributed by atoms with van der Waals surface area (Å²) in [6.45, 7) is 6.84. The van der Waals surface area contributed by atoms with Crippen LogP contribution in [-0.4, -0.2) is 11.3 Å². The Labute approximate surface area is 351 Å². The monoisotopic (exact) mass is 767 g/mol. The maximum atomic E-state index is 2.66. The summed E-state index contributed by atoms with van der Waals surface area (Å²) in [4.78, 5) is 5.01. The second-order valence-electron chi connectivity index (χ2n) is 17.3. The minimum absolute atomic E-state index is 0.0244. The number of para-hydroxylation sites is 4. The zero-order valence-corrected chi connectivity index (χ0v) is 34.0. The van der Waals surface area contributed by atoms with Crippen LogP contribution in [0.4, 0.5) is 34.1 Å². The summed E-state index contributed by atoms with van der Waals surface area (Å²) in [5.74, 6) is 0. The molecule has 3 nitrogen and oxygen atoms in total. The van der Waals surface area contributed by atoms with Gasteiger partial charge in [0.1, 0.15) is 0 Å². The molecular formula is C56H42BN3. The Kier molecular flexibility index (Phi) is 7.58. The van der Waals surface area contributed by atoms with Gasteiger partial charge in [0.25, 0.3) is 0 Å². The lowest BCUT2D eigenvalue weighted by atomic mass is 9.44. The van der Waals surface area contributed by atoms with Crippen molar-refractivity contribution in [1.82, 2.24) is 4.48 Å². The average Bonchev–Trinajstić information content (AvgIpc) is 3.63. The molecule has 10 aromatic rings. The van der Waals surface area contributed by atoms with E-state index in [2.05, 4.69) is 235 Å². The molecule has 9 aromatic carbocycles. The highest BCUT2D eigenvalue weighted by Crippen LogP contribution is 2.50. The number of nitrogens with zero attached hydrogens (tertiary/aromatic N) is 3. The predicted octanol–water partition coefficient (Wildman–Crippen LogP) is 13.8. The highest BCUT2D eigenvalue weighted by atomic mass is 15.2. The molecule has 0 N–H and O–H groups in total. The second kappa shape index (κ2) is 13.1. The van der Waals surface area contributed by atoms with Crippen LogP contribution in [0, 0.1) is 0 Å². The number of benzene rings is 9. The molecular weight excluding hydrogens is 725 g/mol. The quantitative estimate of drug-likeness (QED) is 0.162. The van der Waals surface area contributed by atoms with Gasteiger partial charge in [0, 0.05) is 61.1 Å². The maximum absolute atomic E-state index is 2.66. The molecule has 2 aliphatic rings. The van der Waals surface area contributed by atoms with Crippen molar-refractivity contribution in [2.75, 3.05) is 9.80 Å². The molecule has 0 saturated carbocycles. The van der Waals surface area contributed by atoms with Crippen molar-refractivity contribution in [3.63, 3.8) is 0 Å². The van der Waals surface area contributed by atoms with Crippen molar-refractivity contribution in [2.24, 2.45) is 0 Å². The number of hydrogen-bond acceptors (Lipinski definition) is 2. The van der Waals surface area contributed by atoms with Crippen molar-refractivity contribution < 1.29 is 0 Å². The van der Waals surface area contributed by atoms with Gasteiger partial charge in [-0.1, -0.05) is 154 Å². The lowest BCUT2D eigenvalue weighted by molar-refractivity contribution is 0.590. The van der Waals surface area contributed by atoms with E-state index in [1.807, 2.05) is 0 Å². The normalized spacial score (nSPS) is 12.8. The van der Waals surface area contributed by atoms with Crippen molar-refractivity contribution in [3.8, 4) is 22.3 Å². The summed E-state index contributed by atoms with van der Waals surface area (Å²) in [6.07, 6.45) is 0. The van der Waals surface area contributed by atoms with Gasteiger partial charge in [-0.3, -0.25) is 0 Å². The van der Waals surface area contributed by atoms with Crippen molar-refractivity contribution in [3.05, 3.63) is 206 Å². The lowest BCUT2D eigenvalue weighted by Crippen LogP contribution is -2.56. The Morgan fingerprint density at radius 3 is 1.83 bits per heavy atom. The van der Waals surface area contributed by atoms with Crippen LogP contribution < -0.4 is 20.7 Å². The third kappa shape index (κ3) is 5.10. The molecule has 0 aliphatic carbocycles. The number of hydrogen-bond donors (Lipinski definition) is 0. The third-order valence-corrected chi connectivity index (χ3v) is 12.9. The average molecular weight is 768 g/mol. The predicted molar refractivity (Wildman–Crippen MR) is 256 cm³/mol. The number of aromatic nitrogens is 1. The summed E-state index contributed by atoms with van der Waals surface area (Å²) in [6, 6.07) is 74.3. The lowest BCUT2D eigenvalue weighted by Gasteiger charge is -2.42. The molecule has 0 spiro atoms. The van der Waals surface area contributed by atoms with E-state index in [4.69, 9.17) is 0 Å². The second-order valence-corrected chi connectivity index (χ2v) is 17.3. The van der Waals surface area contributed by atoms with E-state index in [1.54, 1.807) is 0 Å². The maximum Gasteiger partial charge on any atom is 0.333 e. The van der Waals surface area contributed by atoms with Crippen LogP contribution in [0.3, 0.4) is 0 Å². The first-order chi connectivity index (χ1) is 29.4. The summed E-state index contributed by atoms with van der Waals surface area (Å²) in [5.41, 5.74) is 18.4. The smallest absolute Gasteiger partial charge is 0.333 e. The number of anilines is 6. The SMILES string of the molecule is CC(C)(C)c1ccc(N2c3ccc(N(c4ccccc4)c4ccccc4)cc3B3c4c(cc5ccccc5c42)-c2cccc4c5ccccc5n3c24)c(-c2ccccc2)c1. The molecule has 2 aliphatic heterocycles. The minimum atomic E-state index is -0.0921. The van der Waals surface area contributed by atoms with E-state index >= 15 is 0 Å². The standard InChI is InChI=1S/C56H42BN3/c1-56(2,3)39-30-32-50(47(35-39)37-18-7-4-8-19-37)59-52-33-31-42(58(40-21-9-5-10-22-40)41-23-11-6-12-24-41)36-49(52)57-53-48(34-38-20-13-14-25-43(38)55(53)59)46-28-17-27-45-44-26-15-16-29-51(44)60(57)54(45)46/h4-36H,1-3H3. The fourth-order valence-electron chi connectivity index (χ4n) is 10.2. The minimum Gasteiger partial charge on any atom is -0.375 e. The third-order valence-electron chi connectivity index (χ3n) is 12.9. The van der Waals surface area contributed by atoms with E-state index in [0.29, 0.717) is 0 Å². The molecule has 0 fully saturated rings. The van der Waals surface area contributed by atoms with Crippen LogP contribution in [0.1, 0.15) is 26.3 Å². The van der Waals surface area contributed by atoms with E-state index in [1.165, 1.54) is 88.4 Å². The molecule has 284 valence electrons. The molecule has 0 radical (unpaired) electrons. The van der Waals surface area contributed by atoms with Gasteiger partial charge >= 0.3 is 6.85 Å². The zero-order chi connectivity index (χ0) is 40.1. The number of fused-ring (bicyclic) bond motifs is 9. The van der Waals surface area contributed by atoms with Gasteiger partial charge in [0.05, 0.1) is 11.4 Å². The summed E-state index contributed by atoms with van der Waals surface area (Å²) in [5, 5.41) is 5.07. The highest BCUT2D eigenvalue weighted by molar-refractivity contribution is 6.90. The van der Waals surface area contributed by atoms with E-state index in [0.717, 1.165) is 17.1 Å². The fourth-order valence-corrected chi connectivity index (χ4v) is 10.2. The molecule has 0 saturated heterocycles. The molecule has 3 heterocycles. The molecule has 0 amide bonds. The Morgan fingerprint density at radius 2 is 1.10 bits per heavy atom. The largest absolute Gasteiger partial charge is 0.375 e. The first-order valence-corrected chi connectivity index (χ1v) is 21.1. The van der Waals surface area contributed by atoms with Crippen molar-refractivity contribution in [1.29, 1.82) is 0 Å². The Hall–Kier alpha value is -7.30. The van der Waals surface area contributed by atoms with E-state index in [9.17, 15) is 0 Å². The van der Waals surface area contributed by atoms with Crippen molar-refractivity contribution in [2.45, 2.75) is 26.2 Å². The molecule has 60 heavy (non-hydrogen) atoms. The van der Waals surface area contributed by atoms with Crippen molar-refractivity contribution >= 4 is 84.5 Å². The summed E-state index contributed by atoms with van der Waals surface area (Å²) in [7, 11) is 0. The Balaban J connectivity index is 1.24. The molecule has 4 heteroatoms. The molecule has 12 rings (SSSR count). The fraction of sp³-hybridized carbons (Fsp3) is 0.0714. The van der Waals surface area contributed by atoms with E-state index < -0.39 is 0 Å². The molecule has 1 aromatic heterocycles. The van der Waals surface area contributed by atoms with Gasteiger partial charge in [-0.25, -0.2) is 0 Å². The molecule has 0 bridgehead atoms. The van der Waals surface area contributed by atoms with Gasteiger partial charge in [-0.2, -0.15) is 0 Å². The van der Waals surface area contributed by atoms with Crippen LogP contribution in [0.15, 0.2) is 200 Å². The van der Waals surface area contributed by atoms with Gasteiger partial charge in [-0.05, 0) is 105 Å². The van der Waals surface area contributed by atoms with Gasteiger partial charge in [0.15, 0.2) is 0 Å². The Bertz CT molecular complexity index is 3270. The summed E-state index contributed by atoms with van der Waals surface area (Å²) >= 11 is 0. The Morgan fingerprint density at radius 1 is 0.467 bits per heavy atom. The first kappa shape index (κ1) is 34.7. The van der Waals surface area contributed by atoms with E-state index in [-0.39, 0.29) is 12.3 Å². The van der Waals surface area contributed by atoms with Gasteiger partial charge < -0.3 is 14.3 Å². The first-order valence-electron chi connectivity index (χ1n) is 21.1. The van der Waals surface area contributed by atoms with Crippen LogP contribution in [0.25, 0.3) is 54.8 Å². The molecule has 0 unspecified atom stereocenters. The van der Waals surface area contributed by atoms with Gasteiger partial charge in [-0.15, -0.1) is 0 Å². The zero-order valence-electron chi connectivity index (χ0n) is 34.0. The topological polar surface area (TPSA) is 11.4 Å². The van der Waals surface area contributed by atoms with Gasteiger partial charge in [0.2, 0.25) is 0 Å². The van der Waals surface area contributed by atoms with Crippen LogP contribution in [0.5, 0.6) is 0 Å². The van der Waals surface area contributed by atoms with Crippen LogP contribution >= 0.6 is 0 Å². The van der Waals surface area contributed by atoms with Crippen LogP contribution in [-0.2, 0) is 5.41 Å². The van der Waals surface area contributed by atoms with Crippen LogP contribution in [0.2, 0.25) is 0 Å². The summed E-state index contributed by atoms with van der Waals surface area (Å²) < 4.78 is 2.66. The molecule has 0 atom stereocenters. The number of rotatable bonds is 5. The highest BCUT2D eigenvalue weighted by Gasteiger charge is 2.44.